The van der Waals surface area contributed by atoms with Gasteiger partial charge in [0, 0.05) is 36.5 Å². The third-order valence-corrected chi connectivity index (χ3v) is 13.4. The first-order valence-electron chi connectivity index (χ1n) is 25.3. The Balaban J connectivity index is 1.34. The Morgan fingerprint density at radius 2 is 1.36 bits per heavy atom. The molecule has 25 heteroatoms. The number of benzene rings is 3. The number of carbonyl (C=O) groups excluding carboxylic acids is 10. The number of guanidine groups is 1. The molecular weight excluding hydrogens is 995 g/mol. The molecule has 0 spiro atoms. The van der Waals surface area contributed by atoms with E-state index in [4.69, 9.17) is 22.6 Å². The van der Waals surface area contributed by atoms with Gasteiger partial charge in [-0.3, -0.25) is 53.5 Å². The van der Waals surface area contributed by atoms with Crippen molar-refractivity contribution in [2.24, 2.45) is 23.1 Å². The van der Waals surface area contributed by atoms with Crippen LogP contribution in [0.1, 0.15) is 64.0 Å². The van der Waals surface area contributed by atoms with Crippen LogP contribution in [0, 0.1) is 11.3 Å². The highest BCUT2D eigenvalue weighted by Gasteiger charge is 2.40. The fourth-order valence-electron chi connectivity index (χ4n) is 9.15. The third-order valence-electron chi connectivity index (χ3n) is 13.4. The zero-order chi connectivity index (χ0) is 55.9. The maximum atomic E-state index is 14.6. The second kappa shape index (κ2) is 26.5. The SMILES string of the molecule is CC[C@@H]1NC(=O)[C@@H](Cc2ccc3ccccc3c2)NC(=O)[C@H](C/C=C/N)NC(=O)[C@@H](C)NC(=O)[C@@H](NC(=O)CN2C(=O)N[C@@H](CCCNC(=N)N)C2=O)CC(C)C(C(N)=O)NC(=O)[C@H](Cc2c[nH]c3ccccc23)NC1=O. The number of urea groups is 1. The van der Waals surface area contributed by atoms with Crippen LogP contribution in [0.3, 0.4) is 0 Å². The summed E-state index contributed by atoms with van der Waals surface area (Å²) in [5.74, 6) is -9.33. The number of carbonyl (C=O) groups is 10. The van der Waals surface area contributed by atoms with Crippen molar-refractivity contribution in [2.75, 3.05) is 13.1 Å². The average molecular weight is 1060 g/mol. The highest BCUT2D eigenvalue weighted by molar-refractivity contribution is 6.07. The lowest BCUT2D eigenvalue weighted by atomic mass is 9.92. The standard InChI is InChI=1S/C52H67N15O10/c1-4-34-45(71)64-40(24-32-25-58-35-14-8-7-13-33(32)35)49(75)66-42(43(54)69)27(2)21-38(60-41(68)26-67-50(76)37(65-52(67)77)16-10-20-57-51(55)56)47(73)59-28(3)44(70)62-36(15-9-19-53)46(72)63-39(48(74)61-34)23-29-17-18-30-11-5-6-12-31(30)22-29/h5-9,11-14,17-19,22,25,27-28,34,36-40,42,58H,4,10,15-16,20-21,23-24,26,53H2,1-3H3,(H2,54,69)(H,59,73)(H,60,68)(H,61,74)(H,62,70)(H,63,72)(H,64,71)(H,65,77)(H,66,75)(H4,55,56,57)/b19-9+/t27?,28-,34+,36+,37+,38+,39-,40+,42?/m1/s1. The molecule has 2 aliphatic heterocycles. The summed E-state index contributed by atoms with van der Waals surface area (Å²) in [6.45, 7) is 3.76. The first-order valence-corrected chi connectivity index (χ1v) is 25.3. The van der Waals surface area contributed by atoms with Crippen LogP contribution in [0.25, 0.3) is 21.7 Å². The molecule has 2 fully saturated rings. The van der Waals surface area contributed by atoms with Crippen LogP contribution < -0.4 is 65.1 Å². The van der Waals surface area contributed by atoms with E-state index in [-0.39, 0.29) is 44.6 Å². The minimum Gasteiger partial charge on any atom is -0.405 e. The number of nitrogens with one attached hydrogen (secondary N) is 11. The number of nitrogens with two attached hydrogens (primary N) is 3. The van der Waals surface area contributed by atoms with Gasteiger partial charge >= 0.3 is 6.03 Å². The Morgan fingerprint density at radius 3 is 2.06 bits per heavy atom. The van der Waals surface area contributed by atoms with Crippen molar-refractivity contribution in [3.05, 3.63) is 96.3 Å². The summed E-state index contributed by atoms with van der Waals surface area (Å²) in [6, 6.07) is 8.27. The Kier molecular flexibility index (Phi) is 19.7. The van der Waals surface area contributed by atoms with E-state index in [9.17, 15) is 47.9 Å². The summed E-state index contributed by atoms with van der Waals surface area (Å²) < 4.78 is 0. The molecule has 77 heavy (non-hydrogen) atoms. The molecule has 6 rings (SSSR count). The zero-order valence-corrected chi connectivity index (χ0v) is 42.9. The van der Waals surface area contributed by atoms with Gasteiger partial charge in [-0.2, -0.15) is 0 Å². The molecule has 2 saturated heterocycles. The average Bonchev–Trinajstić information content (AvgIpc) is 3.93. The molecule has 3 aromatic carbocycles. The molecule has 4 aromatic rings. The van der Waals surface area contributed by atoms with Crippen LogP contribution in [0.4, 0.5) is 4.79 Å². The molecule has 2 aliphatic rings. The van der Waals surface area contributed by atoms with Crippen LogP contribution >= 0.6 is 0 Å². The molecule has 2 unspecified atom stereocenters. The lowest BCUT2D eigenvalue weighted by Gasteiger charge is -2.29. The van der Waals surface area contributed by atoms with Crippen LogP contribution in [-0.4, -0.2) is 136 Å². The van der Waals surface area contributed by atoms with Gasteiger partial charge in [-0.1, -0.05) is 80.6 Å². The van der Waals surface area contributed by atoms with E-state index in [0.717, 1.165) is 27.9 Å². The summed E-state index contributed by atoms with van der Waals surface area (Å²) in [7, 11) is 0. The molecule has 0 bridgehead atoms. The molecule has 410 valence electrons. The van der Waals surface area contributed by atoms with E-state index >= 15 is 0 Å². The Morgan fingerprint density at radius 1 is 0.727 bits per heavy atom. The van der Waals surface area contributed by atoms with Crippen molar-refractivity contribution in [3.8, 4) is 0 Å². The maximum Gasteiger partial charge on any atom is 0.325 e. The number of rotatable bonds is 15. The highest BCUT2D eigenvalue weighted by atomic mass is 16.2. The van der Waals surface area contributed by atoms with E-state index in [2.05, 4.69) is 52.8 Å². The predicted molar refractivity (Wildman–Crippen MR) is 283 cm³/mol. The second-order valence-corrected chi connectivity index (χ2v) is 19.1. The number of para-hydroxylation sites is 1. The van der Waals surface area contributed by atoms with Gasteiger partial charge in [-0.05, 0) is 79.1 Å². The first kappa shape index (κ1) is 57.3. The van der Waals surface area contributed by atoms with E-state index in [1.165, 1.54) is 19.9 Å². The quantitative estimate of drug-likeness (QED) is 0.0280. The van der Waals surface area contributed by atoms with Crippen molar-refractivity contribution >= 4 is 86.8 Å². The number of amides is 11. The number of hydrogen-bond donors (Lipinski definition) is 14. The summed E-state index contributed by atoms with van der Waals surface area (Å²) in [4.78, 5) is 143. The van der Waals surface area contributed by atoms with Gasteiger partial charge in [0.05, 0.1) is 0 Å². The number of hydrogen-bond acceptors (Lipinski definition) is 12. The van der Waals surface area contributed by atoms with Crippen molar-refractivity contribution in [1.29, 1.82) is 5.41 Å². The normalized spacial score (nSPS) is 24.4. The first-order chi connectivity index (χ1) is 36.8. The smallest absolute Gasteiger partial charge is 0.325 e. The predicted octanol–water partition coefficient (Wildman–Crippen LogP) is -1.50. The lowest BCUT2D eigenvalue weighted by Crippen LogP contribution is -2.60. The van der Waals surface area contributed by atoms with Gasteiger partial charge in [0.2, 0.25) is 47.3 Å². The summed E-state index contributed by atoms with van der Waals surface area (Å²) in [6.07, 6.45) is 3.86. The van der Waals surface area contributed by atoms with E-state index in [0.29, 0.717) is 22.4 Å². The lowest BCUT2D eigenvalue weighted by molar-refractivity contribution is -0.135. The Bertz CT molecular complexity index is 2920. The fraction of sp³-hybridized carbons (Fsp3) is 0.404. The van der Waals surface area contributed by atoms with Crippen molar-refractivity contribution < 1.29 is 47.9 Å². The van der Waals surface area contributed by atoms with Crippen molar-refractivity contribution in [2.45, 2.75) is 114 Å². The third kappa shape index (κ3) is 15.3. The van der Waals surface area contributed by atoms with Crippen molar-refractivity contribution in [3.63, 3.8) is 0 Å². The minimum atomic E-state index is -1.63. The van der Waals surface area contributed by atoms with Gasteiger partial charge in [0.1, 0.15) is 54.9 Å². The number of fused-ring (bicyclic) bond motifs is 2. The minimum absolute atomic E-state index is 0.0136. The Labute approximate surface area is 443 Å². The van der Waals surface area contributed by atoms with Gasteiger partial charge in [-0.15, -0.1) is 0 Å². The molecule has 11 amide bonds. The van der Waals surface area contributed by atoms with Gasteiger partial charge in [-0.25, -0.2) is 4.79 Å². The number of primary amides is 1. The second-order valence-electron chi connectivity index (χ2n) is 19.1. The van der Waals surface area contributed by atoms with E-state index in [1.54, 1.807) is 25.3 Å². The number of aromatic amines is 1. The molecule has 0 radical (unpaired) electrons. The monoisotopic (exact) mass is 1060 g/mol. The number of nitrogens with zero attached hydrogens (tertiary/aromatic N) is 1. The van der Waals surface area contributed by atoms with Crippen molar-refractivity contribution in [1.82, 2.24) is 57.7 Å². The molecular formula is C52H67N15O10. The Hall–Kier alpha value is -9.03. The number of imide groups is 1. The summed E-state index contributed by atoms with van der Waals surface area (Å²) >= 11 is 0. The fourth-order valence-corrected chi connectivity index (χ4v) is 9.15. The van der Waals surface area contributed by atoms with Gasteiger partial charge in [0.25, 0.3) is 5.91 Å². The van der Waals surface area contributed by atoms with E-state index < -0.39 is 126 Å². The van der Waals surface area contributed by atoms with Gasteiger partial charge < -0.3 is 70.0 Å². The van der Waals surface area contributed by atoms with Crippen LogP contribution in [0.2, 0.25) is 0 Å². The zero-order valence-electron chi connectivity index (χ0n) is 42.9. The highest BCUT2D eigenvalue weighted by Crippen LogP contribution is 2.21. The van der Waals surface area contributed by atoms with Crippen LogP contribution in [-0.2, 0) is 56.0 Å². The molecule has 9 atom stereocenters. The molecule has 25 nitrogen and oxygen atoms in total. The van der Waals surface area contributed by atoms with Gasteiger partial charge in [0.15, 0.2) is 5.96 Å². The number of H-pyrrole nitrogens is 1. The number of aromatic nitrogens is 1. The topological polar surface area (TPSA) is 400 Å². The molecule has 0 aliphatic carbocycles. The summed E-state index contributed by atoms with van der Waals surface area (Å²) in [5, 5.41) is 33.3. The van der Waals surface area contributed by atoms with Crippen LogP contribution in [0.15, 0.2) is 85.2 Å². The summed E-state index contributed by atoms with van der Waals surface area (Å²) in [5.41, 5.74) is 18.9. The molecule has 0 saturated carbocycles. The largest absolute Gasteiger partial charge is 0.405 e. The van der Waals surface area contributed by atoms with Crippen LogP contribution in [0.5, 0.6) is 0 Å². The van der Waals surface area contributed by atoms with E-state index in [1.807, 2.05) is 54.6 Å². The maximum absolute atomic E-state index is 14.6. The molecule has 17 N–H and O–H groups in total. The molecule has 3 heterocycles. The molecule has 1 aromatic heterocycles.